The van der Waals surface area contributed by atoms with E-state index in [2.05, 4.69) is 5.32 Å². The molecule has 2 N–H and O–H groups in total. The summed E-state index contributed by atoms with van der Waals surface area (Å²) in [6, 6.07) is 6.34. The van der Waals surface area contributed by atoms with Crippen LogP contribution in [0.5, 0.6) is 5.75 Å². The Labute approximate surface area is 111 Å². The Morgan fingerprint density at radius 2 is 1.95 bits per heavy atom. The van der Waals surface area contributed by atoms with Gasteiger partial charge >= 0.3 is 11.9 Å². The summed E-state index contributed by atoms with van der Waals surface area (Å²) in [5.74, 6) is -0.779. The van der Waals surface area contributed by atoms with Crippen LogP contribution in [0.3, 0.4) is 0 Å². The van der Waals surface area contributed by atoms with Crippen LogP contribution in [-0.4, -0.2) is 36.7 Å². The number of carbonyl (C=O) groups excluding carboxylic acids is 1. The van der Waals surface area contributed by atoms with E-state index in [9.17, 15) is 9.59 Å². The lowest BCUT2D eigenvalue weighted by Crippen LogP contribution is -2.37. The molecule has 0 aliphatic heterocycles. The lowest BCUT2D eigenvalue weighted by molar-refractivity contribution is -0.144. The molecule has 1 aromatic carbocycles. The first-order valence-electron chi connectivity index (χ1n) is 5.77. The van der Waals surface area contributed by atoms with Gasteiger partial charge in [0.1, 0.15) is 18.4 Å². The van der Waals surface area contributed by atoms with Gasteiger partial charge in [-0.2, -0.15) is 0 Å². The SMILES string of the molecule is COc1ccc(COC(=O)CN[C@@H](C)C(=O)O)cc1. The number of hydrogen-bond donors (Lipinski definition) is 2. The lowest BCUT2D eigenvalue weighted by atomic mass is 10.2. The Kier molecular flexibility index (Phi) is 5.81. The Morgan fingerprint density at radius 1 is 1.32 bits per heavy atom. The van der Waals surface area contributed by atoms with E-state index in [0.717, 1.165) is 11.3 Å². The molecule has 0 unspecified atom stereocenters. The van der Waals surface area contributed by atoms with Crippen molar-refractivity contribution in [2.75, 3.05) is 13.7 Å². The monoisotopic (exact) mass is 267 g/mol. The molecule has 0 aromatic heterocycles. The normalized spacial score (nSPS) is 11.7. The molecule has 19 heavy (non-hydrogen) atoms. The molecule has 1 atom stereocenters. The molecule has 0 saturated heterocycles. The number of methoxy groups -OCH3 is 1. The molecular weight excluding hydrogens is 250 g/mol. The second kappa shape index (κ2) is 7.38. The third-order valence-corrected chi connectivity index (χ3v) is 2.48. The molecule has 1 aromatic rings. The summed E-state index contributed by atoms with van der Waals surface area (Å²) in [5, 5.41) is 11.2. The molecule has 6 heteroatoms. The van der Waals surface area contributed by atoms with Crippen molar-refractivity contribution in [1.82, 2.24) is 5.32 Å². The van der Waals surface area contributed by atoms with Crippen molar-refractivity contribution >= 4 is 11.9 Å². The van der Waals surface area contributed by atoms with E-state index in [0.29, 0.717) is 0 Å². The second-order valence-electron chi connectivity index (χ2n) is 3.95. The molecule has 0 heterocycles. The van der Waals surface area contributed by atoms with Crippen molar-refractivity contribution in [3.05, 3.63) is 29.8 Å². The third kappa shape index (κ3) is 5.39. The van der Waals surface area contributed by atoms with Crippen molar-refractivity contribution < 1.29 is 24.2 Å². The van der Waals surface area contributed by atoms with Crippen LogP contribution in [0.1, 0.15) is 12.5 Å². The minimum absolute atomic E-state index is 0.135. The highest BCUT2D eigenvalue weighted by atomic mass is 16.5. The standard InChI is InChI=1S/C13H17NO5/c1-9(13(16)17)14-7-12(15)19-8-10-3-5-11(18-2)6-4-10/h3-6,9,14H,7-8H2,1-2H3,(H,16,17)/t9-/m0/s1. The highest BCUT2D eigenvalue weighted by molar-refractivity contribution is 5.75. The topological polar surface area (TPSA) is 84.9 Å². The lowest BCUT2D eigenvalue weighted by Gasteiger charge is -2.09. The molecule has 6 nitrogen and oxygen atoms in total. The van der Waals surface area contributed by atoms with Crippen LogP contribution in [0.15, 0.2) is 24.3 Å². The van der Waals surface area contributed by atoms with Gasteiger partial charge in [0, 0.05) is 0 Å². The predicted octanol–water partition coefficient (Wildman–Crippen LogP) is 0.801. The van der Waals surface area contributed by atoms with E-state index < -0.39 is 18.0 Å². The first kappa shape index (κ1) is 15.0. The van der Waals surface area contributed by atoms with Crippen molar-refractivity contribution in [3.63, 3.8) is 0 Å². The number of nitrogens with one attached hydrogen (secondary N) is 1. The van der Waals surface area contributed by atoms with Gasteiger partial charge in [0.2, 0.25) is 0 Å². The van der Waals surface area contributed by atoms with Gasteiger partial charge in [0.25, 0.3) is 0 Å². The number of esters is 1. The Morgan fingerprint density at radius 3 is 2.47 bits per heavy atom. The Bertz CT molecular complexity index is 429. The number of rotatable bonds is 7. The van der Waals surface area contributed by atoms with Gasteiger partial charge in [0.15, 0.2) is 0 Å². The van der Waals surface area contributed by atoms with Gasteiger partial charge in [-0.05, 0) is 24.6 Å². The molecule has 0 amide bonds. The van der Waals surface area contributed by atoms with Gasteiger partial charge < -0.3 is 14.6 Å². The van der Waals surface area contributed by atoms with Crippen LogP contribution in [-0.2, 0) is 20.9 Å². The smallest absolute Gasteiger partial charge is 0.320 e. The summed E-state index contributed by atoms with van der Waals surface area (Å²) < 4.78 is 10.0. The number of carboxylic acids is 1. The first-order chi connectivity index (χ1) is 9.02. The summed E-state index contributed by atoms with van der Waals surface area (Å²) >= 11 is 0. The van der Waals surface area contributed by atoms with Gasteiger partial charge in [-0.3, -0.25) is 14.9 Å². The van der Waals surface area contributed by atoms with E-state index in [-0.39, 0.29) is 13.2 Å². The highest BCUT2D eigenvalue weighted by Crippen LogP contribution is 2.11. The molecule has 0 radical (unpaired) electrons. The highest BCUT2D eigenvalue weighted by Gasteiger charge is 2.12. The van der Waals surface area contributed by atoms with Crippen LogP contribution in [0.4, 0.5) is 0 Å². The van der Waals surface area contributed by atoms with E-state index >= 15 is 0 Å². The molecule has 0 bridgehead atoms. The Hall–Kier alpha value is -2.08. The van der Waals surface area contributed by atoms with Crippen LogP contribution in [0, 0.1) is 0 Å². The van der Waals surface area contributed by atoms with Crippen LogP contribution in [0.25, 0.3) is 0 Å². The van der Waals surface area contributed by atoms with Crippen molar-refractivity contribution in [1.29, 1.82) is 0 Å². The quantitative estimate of drug-likeness (QED) is 0.711. The average Bonchev–Trinajstić information content (AvgIpc) is 2.42. The van der Waals surface area contributed by atoms with E-state index in [1.807, 2.05) is 0 Å². The van der Waals surface area contributed by atoms with Crippen molar-refractivity contribution in [2.45, 2.75) is 19.6 Å². The molecule has 104 valence electrons. The maximum absolute atomic E-state index is 11.4. The van der Waals surface area contributed by atoms with Gasteiger partial charge in [-0.1, -0.05) is 12.1 Å². The molecule has 0 fully saturated rings. The third-order valence-electron chi connectivity index (χ3n) is 2.48. The van der Waals surface area contributed by atoms with Crippen LogP contribution in [0.2, 0.25) is 0 Å². The van der Waals surface area contributed by atoms with Gasteiger partial charge in [-0.15, -0.1) is 0 Å². The van der Waals surface area contributed by atoms with E-state index in [1.165, 1.54) is 6.92 Å². The number of benzene rings is 1. The number of carboxylic acid groups (broad SMARTS) is 1. The van der Waals surface area contributed by atoms with Gasteiger partial charge in [-0.25, -0.2) is 0 Å². The molecular formula is C13H17NO5. The maximum Gasteiger partial charge on any atom is 0.320 e. The number of carbonyl (C=O) groups is 2. The van der Waals surface area contributed by atoms with Crippen molar-refractivity contribution in [2.24, 2.45) is 0 Å². The fourth-order valence-electron chi connectivity index (χ4n) is 1.26. The zero-order chi connectivity index (χ0) is 14.3. The summed E-state index contributed by atoms with van der Waals surface area (Å²) in [7, 11) is 1.57. The second-order valence-corrected chi connectivity index (χ2v) is 3.95. The molecule has 0 spiro atoms. The summed E-state index contributed by atoms with van der Waals surface area (Å²) in [6.45, 7) is 1.47. The van der Waals surface area contributed by atoms with Crippen LogP contribution < -0.4 is 10.1 Å². The minimum Gasteiger partial charge on any atom is -0.497 e. The summed E-state index contributed by atoms with van der Waals surface area (Å²) in [4.78, 5) is 21.9. The molecule has 0 aliphatic rings. The average molecular weight is 267 g/mol. The molecule has 0 saturated carbocycles. The van der Waals surface area contributed by atoms with E-state index in [1.54, 1.807) is 31.4 Å². The maximum atomic E-state index is 11.4. The summed E-state index contributed by atoms with van der Waals surface area (Å²) in [5.41, 5.74) is 0.834. The fraction of sp³-hybridized carbons (Fsp3) is 0.385. The minimum atomic E-state index is -1.01. The zero-order valence-electron chi connectivity index (χ0n) is 10.9. The molecule has 1 rings (SSSR count). The zero-order valence-corrected chi connectivity index (χ0v) is 10.9. The van der Waals surface area contributed by atoms with Crippen LogP contribution >= 0.6 is 0 Å². The first-order valence-corrected chi connectivity index (χ1v) is 5.77. The predicted molar refractivity (Wildman–Crippen MR) is 67.9 cm³/mol. The number of hydrogen-bond acceptors (Lipinski definition) is 5. The van der Waals surface area contributed by atoms with Crippen molar-refractivity contribution in [3.8, 4) is 5.75 Å². The largest absolute Gasteiger partial charge is 0.497 e. The van der Waals surface area contributed by atoms with E-state index in [4.69, 9.17) is 14.6 Å². The number of aliphatic carboxylic acids is 1. The molecule has 0 aliphatic carbocycles. The van der Waals surface area contributed by atoms with Gasteiger partial charge in [0.05, 0.1) is 13.7 Å². The Balaban J connectivity index is 2.31. The number of ether oxygens (including phenoxy) is 2. The summed E-state index contributed by atoms with van der Waals surface area (Å²) in [6.07, 6.45) is 0. The fourth-order valence-corrected chi connectivity index (χ4v) is 1.26.